The Hall–Kier alpha value is -0.870. The summed E-state index contributed by atoms with van der Waals surface area (Å²) in [6.07, 6.45) is 3.47. The number of aryl methyl sites for hydroxylation is 1. The maximum Gasteiger partial charge on any atom is 0.149 e. The second-order valence-electron chi connectivity index (χ2n) is 4.69. The fourth-order valence-corrected chi connectivity index (χ4v) is 2.94. The van der Waals surface area contributed by atoms with E-state index < -0.39 is 9.84 Å². The van der Waals surface area contributed by atoms with Gasteiger partial charge in [-0.2, -0.15) is 0 Å². The molecule has 0 heterocycles. The molecule has 0 fully saturated rings. The topological polar surface area (TPSA) is 46.2 Å². The number of rotatable bonds is 7. The first-order valence-corrected chi connectivity index (χ1v) is 8.52. The Balaban J connectivity index is 2.85. The van der Waals surface area contributed by atoms with E-state index in [9.17, 15) is 8.42 Å². The standard InChI is InChI=1S/C14H23NO2S/c1-4-6-12-7-9-13(10-8-12)14(15-5-2)11-18(3,16)17/h7-10,14-15H,4-6,11H2,1-3H3. The van der Waals surface area contributed by atoms with E-state index in [4.69, 9.17) is 0 Å². The molecule has 1 unspecified atom stereocenters. The summed E-state index contributed by atoms with van der Waals surface area (Å²) < 4.78 is 22.8. The van der Waals surface area contributed by atoms with Gasteiger partial charge in [-0.1, -0.05) is 44.5 Å². The van der Waals surface area contributed by atoms with Crippen LogP contribution in [0.1, 0.15) is 37.4 Å². The fourth-order valence-electron chi connectivity index (χ4n) is 2.03. The molecule has 4 heteroatoms. The predicted octanol–water partition coefficient (Wildman–Crippen LogP) is 2.33. The first kappa shape index (κ1) is 15.2. The summed E-state index contributed by atoms with van der Waals surface area (Å²) in [5, 5.41) is 3.23. The van der Waals surface area contributed by atoms with Gasteiger partial charge in [0.25, 0.3) is 0 Å². The first-order chi connectivity index (χ1) is 8.46. The third-order valence-corrected chi connectivity index (χ3v) is 3.78. The Morgan fingerprint density at radius 3 is 2.22 bits per heavy atom. The van der Waals surface area contributed by atoms with E-state index in [1.54, 1.807) is 0 Å². The Morgan fingerprint density at radius 2 is 1.78 bits per heavy atom. The van der Waals surface area contributed by atoms with Crippen LogP contribution in [0.5, 0.6) is 0 Å². The maximum absolute atomic E-state index is 11.4. The lowest BCUT2D eigenvalue weighted by Gasteiger charge is -2.17. The van der Waals surface area contributed by atoms with E-state index in [1.807, 2.05) is 19.1 Å². The molecule has 0 amide bonds. The summed E-state index contributed by atoms with van der Waals surface area (Å²) in [6, 6.07) is 8.13. The van der Waals surface area contributed by atoms with Gasteiger partial charge < -0.3 is 5.32 Å². The molecule has 0 spiro atoms. The molecule has 0 aliphatic rings. The molecule has 0 radical (unpaired) electrons. The molecule has 0 saturated heterocycles. The fraction of sp³-hybridized carbons (Fsp3) is 0.571. The number of sulfone groups is 1. The zero-order valence-electron chi connectivity index (χ0n) is 11.4. The van der Waals surface area contributed by atoms with Crippen molar-refractivity contribution >= 4 is 9.84 Å². The van der Waals surface area contributed by atoms with Crippen molar-refractivity contribution in [3.8, 4) is 0 Å². The monoisotopic (exact) mass is 269 g/mol. The molecule has 1 N–H and O–H groups in total. The van der Waals surface area contributed by atoms with Crippen molar-refractivity contribution in [3.63, 3.8) is 0 Å². The Kier molecular flexibility index (Phi) is 5.82. The van der Waals surface area contributed by atoms with Crippen molar-refractivity contribution in [3.05, 3.63) is 35.4 Å². The van der Waals surface area contributed by atoms with Crippen LogP contribution in [-0.2, 0) is 16.3 Å². The average Bonchev–Trinajstić information content (AvgIpc) is 2.28. The molecule has 1 rings (SSSR count). The summed E-state index contributed by atoms with van der Waals surface area (Å²) in [7, 11) is -2.98. The average molecular weight is 269 g/mol. The van der Waals surface area contributed by atoms with E-state index in [-0.39, 0.29) is 11.8 Å². The quantitative estimate of drug-likeness (QED) is 0.826. The Morgan fingerprint density at radius 1 is 1.17 bits per heavy atom. The summed E-state index contributed by atoms with van der Waals surface area (Å²) >= 11 is 0. The Labute approximate surface area is 111 Å². The highest BCUT2D eigenvalue weighted by atomic mass is 32.2. The summed E-state index contributed by atoms with van der Waals surface area (Å²) in [6.45, 7) is 4.90. The van der Waals surface area contributed by atoms with Crippen LogP contribution in [0.15, 0.2) is 24.3 Å². The van der Waals surface area contributed by atoms with Crippen LogP contribution < -0.4 is 5.32 Å². The van der Waals surface area contributed by atoms with Gasteiger partial charge >= 0.3 is 0 Å². The smallest absolute Gasteiger partial charge is 0.149 e. The predicted molar refractivity (Wildman–Crippen MR) is 76.6 cm³/mol. The van der Waals surface area contributed by atoms with Crippen LogP contribution in [0.25, 0.3) is 0 Å². The highest BCUT2D eigenvalue weighted by molar-refractivity contribution is 7.90. The van der Waals surface area contributed by atoms with E-state index in [0.29, 0.717) is 0 Å². The lowest BCUT2D eigenvalue weighted by atomic mass is 10.0. The molecular formula is C14H23NO2S. The van der Waals surface area contributed by atoms with Crippen molar-refractivity contribution in [2.45, 2.75) is 32.7 Å². The van der Waals surface area contributed by atoms with Crippen LogP contribution in [0.2, 0.25) is 0 Å². The molecule has 1 aromatic rings. The highest BCUT2D eigenvalue weighted by Gasteiger charge is 2.16. The van der Waals surface area contributed by atoms with Gasteiger partial charge in [-0.05, 0) is 24.1 Å². The largest absolute Gasteiger partial charge is 0.309 e. The van der Waals surface area contributed by atoms with Crippen LogP contribution in [0, 0.1) is 0 Å². The number of hydrogen-bond acceptors (Lipinski definition) is 3. The molecule has 0 aromatic heterocycles. The van der Waals surface area contributed by atoms with Crippen molar-refractivity contribution in [2.75, 3.05) is 18.6 Å². The van der Waals surface area contributed by atoms with Crippen LogP contribution in [0.3, 0.4) is 0 Å². The molecular weight excluding hydrogens is 246 g/mol. The van der Waals surface area contributed by atoms with Gasteiger partial charge in [0.05, 0.1) is 5.75 Å². The SMILES string of the molecule is CCCc1ccc(C(CS(C)(=O)=O)NCC)cc1. The minimum absolute atomic E-state index is 0.110. The van der Waals surface area contributed by atoms with Crippen LogP contribution in [-0.4, -0.2) is 27.0 Å². The zero-order valence-corrected chi connectivity index (χ0v) is 12.3. The van der Waals surface area contributed by atoms with Crippen molar-refractivity contribution in [1.29, 1.82) is 0 Å². The van der Waals surface area contributed by atoms with Gasteiger partial charge in [0.2, 0.25) is 0 Å². The van der Waals surface area contributed by atoms with E-state index >= 15 is 0 Å². The first-order valence-electron chi connectivity index (χ1n) is 6.46. The van der Waals surface area contributed by atoms with Gasteiger partial charge in [-0.3, -0.25) is 0 Å². The minimum atomic E-state index is -2.98. The molecule has 0 saturated carbocycles. The van der Waals surface area contributed by atoms with E-state index in [0.717, 1.165) is 24.9 Å². The molecule has 3 nitrogen and oxygen atoms in total. The van der Waals surface area contributed by atoms with E-state index in [1.165, 1.54) is 11.8 Å². The van der Waals surface area contributed by atoms with Crippen LogP contribution in [0.4, 0.5) is 0 Å². The van der Waals surface area contributed by atoms with E-state index in [2.05, 4.69) is 24.4 Å². The second-order valence-corrected chi connectivity index (χ2v) is 6.88. The number of hydrogen-bond donors (Lipinski definition) is 1. The van der Waals surface area contributed by atoms with Crippen molar-refractivity contribution < 1.29 is 8.42 Å². The van der Waals surface area contributed by atoms with Gasteiger partial charge in [-0.15, -0.1) is 0 Å². The molecule has 18 heavy (non-hydrogen) atoms. The molecule has 0 aliphatic heterocycles. The van der Waals surface area contributed by atoms with Gasteiger partial charge in [0.1, 0.15) is 9.84 Å². The number of benzene rings is 1. The maximum atomic E-state index is 11.4. The highest BCUT2D eigenvalue weighted by Crippen LogP contribution is 2.16. The molecule has 102 valence electrons. The zero-order chi connectivity index (χ0) is 13.6. The Bertz CT molecular complexity index is 451. The minimum Gasteiger partial charge on any atom is -0.309 e. The summed E-state index contributed by atoms with van der Waals surface area (Å²) in [4.78, 5) is 0. The molecule has 0 aliphatic carbocycles. The number of nitrogens with one attached hydrogen (secondary N) is 1. The third kappa shape index (κ3) is 5.19. The molecule has 0 bridgehead atoms. The van der Waals surface area contributed by atoms with Gasteiger partial charge in [0, 0.05) is 12.3 Å². The molecule has 1 aromatic carbocycles. The second kappa shape index (κ2) is 6.90. The lowest BCUT2D eigenvalue weighted by molar-refractivity contribution is 0.563. The summed E-state index contributed by atoms with van der Waals surface area (Å²) in [5.41, 5.74) is 2.35. The van der Waals surface area contributed by atoms with Crippen LogP contribution >= 0.6 is 0 Å². The summed E-state index contributed by atoms with van der Waals surface area (Å²) in [5.74, 6) is 0.147. The van der Waals surface area contributed by atoms with Crippen molar-refractivity contribution in [2.24, 2.45) is 0 Å². The van der Waals surface area contributed by atoms with Crippen molar-refractivity contribution in [1.82, 2.24) is 5.32 Å². The third-order valence-electron chi connectivity index (χ3n) is 2.84. The normalized spacial score (nSPS) is 13.5. The van der Waals surface area contributed by atoms with Gasteiger partial charge in [-0.25, -0.2) is 8.42 Å². The lowest BCUT2D eigenvalue weighted by Crippen LogP contribution is -2.27. The van der Waals surface area contributed by atoms with Gasteiger partial charge in [0.15, 0.2) is 0 Å². The molecule has 1 atom stereocenters.